The molecule has 6 nitrogen and oxygen atoms in total. The quantitative estimate of drug-likeness (QED) is 0.596. The number of anilines is 2. The van der Waals surface area contributed by atoms with Gasteiger partial charge in [0.1, 0.15) is 5.75 Å². The molecule has 0 atom stereocenters. The van der Waals surface area contributed by atoms with Crippen molar-refractivity contribution in [3.63, 3.8) is 0 Å². The van der Waals surface area contributed by atoms with Gasteiger partial charge < -0.3 is 20.7 Å². The molecule has 0 aromatic heterocycles. The van der Waals surface area contributed by atoms with Crippen LogP contribution in [0.3, 0.4) is 0 Å². The van der Waals surface area contributed by atoms with Crippen LogP contribution in [0.25, 0.3) is 0 Å². The Hall–Kier alpha value is -3.02. The van der Waals surface area contributed by atoms with Crippen LogP contribution in [0.4, 0.5) is 11.4 Å². The zero-order valence-electron chi connectivity index (χ0n) is 17.7. The van der Waals surface area contributed by atoms with Crippen LogP contribution in [0.5, 0.6) is 5.75 Å². The van der Waals surface area contributed by atoms with Crippen molar-refractivity contribution < 1.29 is 14.3 Å². The molecule has 1 fully saturated rings. The maximum Gasteiger partial charge on any atom is 0.251 e. The third kappa shape index (κ3) is 6.79. The van der Waals surface area contributed by atoms with Gasteiger partial charge in [0.15, 0.2) is 0 Å². The Morgan fingerprint density at radius 3 is 2.20 bits per heavy atom. The smallest absolute Gasteiger partial charge is 0.251 e. The van der Waals surface area contributed by atoms with Crippen LogP contribution < -0.4 is 20.7 Å². The largest absolute Gasteiger partial charge is 0.491 e. The normalized spacial score (nSPS) is 14.2. The number of benzene rings is 2. The van der Waals surface area contributed by atoms with Gasteiger partial charge in [-0.3, -0.25) is 9.59 Å². The number of carbonyl (C=O) groups excluding carboxylic acids is 2. The summed E-state index contributed by atoms with van der Waals surface area (Å²) in [6.07, 6.45) is 5.85. The Balaban J connectivity index is 1.44. The van der Waals surface area contributed by atoms with Crippen molar-refractivity contribution in [1.29, 1.82) is 0 Å². The predicted molar refractivity (Wildman–Crippen MR) is 120 cm³/mol. The summed E-state index contributed by atoms with van der Waals surface area (Å²) >= 11 is 0. The van der Waals surface area contributed by atoms with Crippen molar-refractivity contribution in [1.82, 2.24) is 5.32 Å². The number of rotatable bonds is 8. The van der Waals surface area contributed by atoms with E-state index in [0.29, 0.717) is 11.3 Å². The average Bonchev–Trinajstić information content (AvgIpc) is 2.74. The van der Waals surface area contributed by atoms with E-state index >= 15 is 0 Å². The van der Waals surface area contributed by atoms with E-state index in [1.807, 2.05) is 38.1 Å². The summed E-state index contributed by atoms with van der Waals surface area (Å²) in [7, 11) is 0. The second-order valence-electron chi connectivity index (χ2n) is 7.98. The van der Waals surface area contributed by atoms with E-state index in [4.69, 9.17) is 4.74 Å². The number of nitrogens with one attached hydrogen (secondary N) is 3. The maximum absolute atomic E-state index is 12.4. The van der Waals surface area contributed by atoms with Gasteiger partial charge in [0.25, 0.3) is 5.91 Å². The zero-order chi connectivity index (χ0) is 21.3. The Morgan fingerprint density at radius 2 is 1.57 bits per heavy atom. The Bertz CT molecular complexity index is 826. The summed E-state index contributed by atoms with van der Waals surface area (Å²) < 4.78 is 5.61. The molecule has 2 amide bonds. The highest BCUT2D eigenvalue weighted by molar-refractivity contribution is 5.96. The first-order valence-corrected chi connectivity index (χ1v) is 10.7. The number of amides is 2. The lowest BCUT2D eigenvalue weighted by Gasteiger charge is -2.22. The van der Waals surface area contributed by atoms with Gasteiger partial charge in [0, 0.05) is 23.0 Å². The molecular weight excluding hydrogens is 378 g/mol. The minimum atomic E-state index is -0.156. The number of carbonyl (C=O) groups is 2. The molecule has 0 heterocycles. The second-order valence-corrected chi connectivity index (χ2v) is 7.98. The molecule has 0 aliphatic heterocycles. The van der Waals surface area contributed by atoms with Gasteiger partial charge >= 0.3 is 0 Å². The van der Waals surface area contributed by atoms with Crippen LogP contribution in [0.15, 0.2) is 48.5 Å². The van der Waals surface area contributed by atoms with E-state index in [-0.39, 0.29) is 30.5 Å². The molecule has 0 spiro atoms. The van der Waals surface area contributed by atoms with Gasteiger partial charge in [0.05, 0.1) is 12.6 Å². The van der Waals surface area contributed by atoms with Gasteiger partial charge in [0.2, 0.25) is 5.91 Å². The monoisotopic (exact) mass is 409 g/mol. The fraction of sp³-hybridized carbons (Fsp3) is 0.417. The highest BCUT2D eigenvalue weighted by Crippen LogP contribution is 2.19. The van der Waals surface area contributed by atoms with E-state index in [1.54, 1.807) is 24.3 Å². The summed E-state index contributed by atoms with van der Waals surface area (Å²) in [6, 6.07) is 14.8. The lowest BCUT2D eigenvalue weighted by atomic mass is 9.95. The molecule has 1 aliphatic carbocycles. The van der Waals surface area contributed by atoms with Crippen molar-refractivity contribution >= 4 is 23.2 Å². The number of hydrogen-bond acceptors (Lipinski definition) is 4. The fourth-order valence-corrected chi connectivity index (χ4v) is 3.53. The molecule has 6 heteroatoms. The minimum Gasteiger partial charge on any atom is -0.491 e. The van der Waals surface area contributed by atoms with Crippen LogP contribution in [0.2, 0.25) is 0 Å². The molecule has 3 N–H and O–H groups in total. The van der Waals surface area contributed by atoms with Gasteiger partial charge in [-0.15, -0.1) is 0 Å². The van der Waals surface area contributed by atoms with E-state index in [2.05, 4.69) is 16.0 Å². The van der Waals surface area contributed by atoms with E-state index in [0.717, 1.165) is 24.3 Å². The van der Waals surface area contributed by atoms with E-state index in [9.17, 15) is 9.59 Å². The second kappa shape index (κ2) is 10.7. The molecule has 1 saturated carbocycles. The first kappa shape index (κ1) is 21.7. The molecule has 160 valence electrons. The van der Waals surface area contributed by atoms with Crippen molar-refractivity contribution in [2.24, 2.45) is 0 Å². The predicted octanol–water partition coefficient (Wildman–Crippen LogP) is 4.59. The third-order valence-electron chi connectivity index (χ3n) is 5.05. The van der Waals surface area contributed by atoms with E-state index in [1.165, 1.54) is 19.3 Å². The van der Waals surface area contributed by atoms with Crippen LogP contribution >= 0.6 is 0 Å². The zero-order valence-corrected chi connectivity index (χ0v) is 17.7. The lowest BCUT2D eigenvalue weighted by Crippen LogP contribution is -2.36. The molecule has 0 unspecified atom stereocenters. The highest BCUT2D eigenvalue weighted by Gasteiger charge is 2.16. The first-order chi connectivity index (χ1) is 14.5. The van der Waals surface area contributed by atoms with Crippen molar-refractivity contribution in [2.45, 2.75) is 58.1 Å². The van der Waals surface area contributed by atoms with Crippen LogP contribution in [-0.2, 0) is 4.79 Å². The molecule has 2 aromatic carbocycles. The number of hydrogen-bond donors (Lipinski definition) is 3. The molecule has 3 rings (SSSR count). The fourth-order valence-electron chi connectivity index (χ4n) is 3.53. The van der Waals surface area contributed by atoms with Crippen molar-refractivity contribution in [2.75, 3.05) is 17.2 Å². The minimum absolute atomic E-state index is 0.0497. The summed E-state index contributed by atoms with van der Waals surface area (Å²) in [5, 5.41) is 9.03. The topological polar surface area (TPSA) is 79.5 Å². The van der Waals surface area contributed by atoms with E-state index < -0.39 is 0 Å². The van der Waals surface area contributed by atoms with Gasteiger partial charge in [-0.05, 0) is 75.2 Å². The summed E-state index contributed by atoms with van der Waals surface area (Å²) in [6.45, 7) is 4.10. The van der Waals surface area contributed by atoms with Crippen LogP contribution in [0.1, 0.15) is 56.3 Å². The summed E-state index contributed by atoms with van der Waals surface area (Å²) in [5.74, 6) is 0.593. The van der Waals surface area contributed by atoms with Gasteiger partial charge in [-0.1, -0.05) is 19.3 Å². The maximum atomic E-state index is 12.4. The Labute approximate surface area is 178 Å². The molecule has 0 bridgehead atoms. The van der Waals surface area contributed by atoms with Crippen LogP contribution in [-0.4, -0.2) is 30.5 Å². The third-order valence-corrected chi connectivity index (χ3v) is 5.05. The summed E-state index contributed by atoms with van der Waals surface area (Å²) in [5.41, 5.74) is 2.12. The molecule has 30 heavy (non-hydrogen) atoms. The number of ether oxygens (including phenoxy) is 1. The molecule has 0 radical (unpaired) electrons. The Morgan fingerprint density at radius 1 is 0.933 bits per heavy atom. The first-order valence-electron chi connectivity index (χ1n) is 10.7. The lowest BCUT2D eigenvalue weighted by molar-refractivity contribution is -0.114. The highest BCUT2D eigenvalue weighted by atomic mass is 16.5. The SMILES string of the molecule is CC(C)Oc1ccc(NCC(=O)Nc2ccc(C(=O)NC3CCCCC3)cc2)cc1. The van der Waals surface area contributed by atoms with Crippen LogP contribution in [0, 0.1) is 0 Å². The average molecular weight is 410 g/mol. The molecule has 2 aromatic rings. The van der Waals surface area contributed by atoms with Gasteiger partial charge in [-0.25, -0.2) is 0 Å². The standard InChI is InChI=1S/C24H31N3O3/c1-17(2)30-22-14-12-19(13-15-22)25-16-23(28)26-21-10-8-18(9-11-21)24(29)27-20-6-4-3-5-7-20/h8-15,17,20,25H,3-7,16H2,1-2H3,(H,26,28)(H,27,29). The molecule has 1 aliphatic rings. The molecule has 0 saturated heterocycles. The Kier molecular flexibility index (Phi) is 7.71. The van der Waals surface area contributed by atoms with Crippen molar-refractivity contribution in [3.8, 4) is 5.75 Å². The summed E-state index contributed by atoms with van der Waals surface area (Å²) in [4.78, 5) is 24.6. The van der Waals surface area contributed by atoms with Crippen molar-refractivity contribution in [3.05, 3.63) is 54.1 Å². The molecular formula is C24H31N3O3. The van der Waals surface area contributed by atoms with Gasteiger partial charge in [-0.2, -0.15) is 0 Å².